The van der Waals surface area contributed by atoms with E-state index in [0.29, 0.717) is 11.0 Å². The molecule has 2 aromatic rings. The summed E-state index contributed by atoms with van der Waals surface area (Å²) >= 11 is 0. The summed E-state index contributed by atoms with van der Waals surface area (Å²) in [5.74, 6) is -1.16. The molecule has 0 aliphatic rings. The molecule has 0 aliphatic heterocycles. The van der Waals surface area contributed by atoms with Crippen LogP contribution in [0.4, 0.5) is 0 Å². The van der Waals surface area contributed by atoms with E-state index < -0.39 is 11.6 Å². The van der Waals surface area contributed by atoms with Crippen molar-refractivity contribution in [2.24, 2.45) is 0 Å². The Morgan fingerprint density at radius 2 is 1.93 bits per heavy atom. The minimum Gasteiger partial charge on any atom is -0.359 e. The van der Waals surface area contributed by atoms with Crippen molar-refractivity contribution >= 4 is 22.6 Å². The monoisotopic (exact) mass is 204 g/mol. The third-order valence-electron chi connectivity index (χ3n) is 2.15. The molecule has 15 heavy (non-hydrogen) atoms. The number of fused-ring (bicyclic) bond motifs is 1. The summed E-state index contributed by atoms with van der Waals surface area (Å²) in [6.45, 7) is 1.20. The Bertz CT molecular complexity index is 606. The lowest BCUT2D eigenvalue weighted by molar-refractivity contribution is -0.113. The van der Waals surface area contributed by atoms with Crippen molar-refractivity contribution in [3.05, 3.63) is 34.2 Å². The number of rotatable bonds is 2. The Hall–Kier alpha value is -2.17. The second kappa shape index (κ2) is 3.20. The number of carbonyl (C=O) groups excluding carboxylic acids is 2. The topological polar surface area (TPSA) is 82.8 Å². The molecular weight excluding hydrogens is 196 g/mol. The zero-order valence-corrected chi connectivity index (χ0v) is 7.96. The molecule has 0 saturated carbocycles. The van der Waals surface area contributed by atoms with Gasteiger partial charge >= 0.3 is 0 Å². The fourth-order valence-electron chi connectivity index (χ4n) is 1.42. The quantitative estimate of drug-likeness (QED) is 0.555. The van der Waals surface area contributed by atoms with Crippen molar-refractivity contribution in [2.45, 2.75) is 6.92 Å². The van der Waals surface area contributed by atoms with Gasteiger partial charge in [0.1, 0.15) is 5.52 Å². The number of hydrogen-bond acceptors (Lipinski definition) is 3. The number of pyridine rings is 1. The molecule has 76 valence electrons. The Morgan fingerprint density at radius 3 is 2.60 bits per heavy atom. The van der Waals surface area contributed by atoms with Gasteiger partial charge in [-0.2, -0.15) is 0 Å². The third kappa shape index (κ3) is 1.38. The first kappa shape index (κ1) is 9.39. The summed E-state index contributed by atoms with van der Waals surface area (Å²) < 4.78 is 0. The van der Waals surface area contributed by atoms with Gasteiger partial charge in [0.2, 0.25) is 11.2 Å². The van der Waals surface area contributed by atoms with E-state index in [1.54, 1.807) is 0 Å². The normalized spacial score (nSPS) is 10.5. The highest BCUT2D eigenvalue weighted by molar-refractivity contribution is 6.44. The van der Waals surface area contributed by atoms with Crippen molar-refractivity contribution in [3.8, 4) is 0 Å². The smallest absolute Gasteiger partial charge is 0.231 e. The van der Waals surface area contributed by atoms with Gasteiger partial charge in [-0.1, -0.05) is 0 Å². The molecule has 2 aromatic heterocycles. The second-order valence-electron chi connectivity index (χ2n) is 3.18. The summed E-state index contributed by atoms with van der Waals surface area (Å²) in [6, 6.07) is 1.35. The van der Waals surface area contributed by atoms with Crippen molar-refractivity contribution < 1.29 is 9.59 Å². The summed E-state index contributed by atoms with van der Waals surface area (Å²) in [5, 5.41) is 0. The van der Waals surface area contributed by atoms with Crippen LogP contribution < -0.4 is 5.43 Å². The lowest BCUT2D eigenvalue weighted by Gasteiger charge is -1.93. The van der Waals surface area contributed by atoms with Crippen molar-refractivity contribution in [3.63, 3.8) is 0 Å². The Balaban J connectivity index is 2.75. The average Bonchev–Trinajstić information content (AvgIpc) is 2.61. The first-order valence-corrected chi connectivity index (χ1v) is 4.35. The maximum absolute atomic E-state index is 11.4. The molecule has 0 unspecified atom stereocenters. The summed E-state index contributed by atoms with van der Waals surface area (Å²) in [6.07, 6.45) is 2.81. The standard InChI is InChI=1S/C10H8N2O3/c1-5(13)10(15)6-4-12-9-7(14)2-3-11-8(6)9/h2-4,12H,1H3,(H,11,14). The van der Waals surface area contributed by atoms with Crippen LogP contribution in [0.25, 0.3) is 11.0 Å². The van der Waals surface area contributed by atoms with Crippen molar-refractivity contribution in [1.82, 2.24) is 9.97 Å². The predicted octanol–water partition coefficient (Wildman–Crippen LogP) is 0.628. The molecule has 2 heterocycles. The lowest BCUT2D eigenvalue weighted by atomic mass is 10.1. The van der Waals surface area contributed by atoms with Crippen LogP contribution in [0.1, 0.15) is 17.3 Å². The molecule has 0 aliphatic carbocycles. The van der Waals surface area contributed by atoms with Crippen LogP contribution in [0.3, 0.4) is 0 Å². The first-order valence-electron chi connectivity index (χ1n) is 4.35. The summed E-state index contributed by atoms with van der Waals surface area (Å²) in [7, 11) is 0. The summed E-state index contributed by atoms with van der Waals surface area (Å²) in [5.41, 5.74) is 0.673. The number of H-pyrrole nitrogens is 2. The van der Waals surface area contributed by atoms with E-state index in [2.05, 4.69) is 9.97 Å². The molecule has 2 N–H and O–H groups in total. The molecular formula is C10H8N2O3. The Kier molecular flexibility index (Phi) is 2.00. The largest absolute Gasteiger partial charge is 0.359 e. The SMILES string of the molecule is CC(=O)C(=O)c1c[nH]c2c(=O)cc[nH]c12. The van der Waals surface area contributed by atoms with Crippen molar-refractivity contribution in [2.75, 3.05) is 0 Å². The minimum atomic E-state index is -0.608. The third-order valence-corrected chi connectivity index (χ3v) is 2.15. The lowest BCUT2D eigenvalue weighted by Crippen LogP contribution is -2.09. The van der Waals surface area contributed by atoms with Crippen LogP contribution in [-0.4, -0.2) is 21.5 Å². The molecule has 0 atom stereocenters. The summed E-state index contributed by atoms with van der Waals surface area (Å²) in [4.78, 5) is 39.1. The van der Waals surface area contributed by atoms with Gasteiger partial charge < -0.3 is 9.97 Å². The Labute approximate surface area is 84.1 Å². The van der Waals surface area contributed by atoms with Crippen LogP contribution in [-0.2, 0) is 4.79 Å². The predicted molar refractivity (Wildman–Crippen MR) is 53.9 cm³/mol. The highest BCUT2D eigenvalue weighted by Crippen LogP contribution is 2.12. The van der Waals surface area contributed by atoms with Gasteiger partial charge in [0.15, 0.2) is 5.78 Å². The van der Waals surface area contributed by atoms with Gasteiger partial charge in [0.05, 0.1) is 11.1 Å². The van der Waals surface area contributed by atoms with E-state index in [0.717, 1.165) is 0 Å². The number of Topliss-reactive ketones (excluding diaryl/α,β-unsaturated/α-hetero) is 2. The molecule has 0 aromatic carbocycles. The minimum absolute atomic E-state index is 0.204. The molecule has 0 amide bonds. The average molecular weight is 204 g/mol. The van der Waals surface area contributed by atoms with Gasteiger partial charge in [-0.25, -0.2) is 0 Å². The number of ketones is 2. The number of aromatic nitrogens is 2. The van der Waals surface area contributed by atoms with E-state index in [-0.39, 0.29) is 11.0 Å². The molecule has 0 spiro atoms. The van der Waals surface area contributed by atoms with Gasteiger partial charge in [0.25, 0.3) is 0 Å². The van der Waals surface area contributed by atoms with E-state index in [1.165, 1.54) is 25.4 Å². The molecule has 2 rings (SSSR count). The number of nitrogens with one attached hydrogen (secondary N) is 2. The Morgan fingerprint density at radius 1 is 1.20 bits per heavy atom. The number of hydrogen-bond donors (Lipinski definition) is 2. The first-order chi connectivity index (χ1) is 7.11. The van der Waals surface area contributed by atoms with E-state index in [1.807, 2.05) is 0 Å². The fraction of sp³-hybridized carbons (Fsp3) is 0.100. The van der Waals surface area contributed by atoms with Crippen LogP contribution in [0, 0.1) is 0 Å². The van der Waals surface area contributed by atoms with Crippen LogP contribution >= 0.6 is 0 Å². The number of aromatic amines is 2. The van der Waals surface area contributed by atoms with E-state index in [9.17, 15) is 14.4 Å². The van der Waals surface area contributed by atoms with Gasteiger partial charge in [-0.15, -0.1) is 0 Å². The molecule has 0 saturated heterocycles. The van der Waals surface area contributed by atoms with Crippen LogP contribution in [0.5, 0.6) is 0 Å². The van der Waals surface area contributed by atoms with E-state index in [4.69, 9.17) is 0 Å². The highest BCUT2D eigenvalue weighted by atomic mass is 16.2. The molecule has 5 nitrogen and oxygen atoms in total. The van der Waals surface area contributed by atoms with Gasteiger partial charge in [0, 0.05) is 25.4 Å². The highest BCUT2D eigenvalue weighted by Gasteiger charge is 2.17. The van der Waals surface area contributed by atoms with Crippen molar-refractivity contribution in [1.29, 1.82) is 0 Å². The zero-order chi connectivity index (χ0) is 11.0. The number of carbonyl (C=O) groups is 2. The van der Waals surface area contributed by atoms with Gasteiger partial charge in [-0.3, -0.25) is 14.4 Å². The second-order valence-corrected chi connectivity index (χ2v) is 3.18. The molecule has 0 radical (unpaired) electrons. The fourth-order valence-corrected chi connectivity index (χ4v) is 1.42. The van der Waals surface area contributed by atoms with Crippen LogP contribution in [0.15, 0.2) is 23.3 Å². The van der Waals surface area contributed by atoms with E-state index >= 15 is 0 Å². The molecule has 0 bridgehead atoms. The molecule has 0 fully saturated rings. The van der Waals surface area contributed by atoms with Crippen LogP contribution in [0.2, 0.25) is 0 Å². The maximum atomic E-state index is 11.4. The molecule has 5 heteroatoms. The zero-order valence-electron chi connectivity index (χ0n) is 7.96. The van der Waals surface area contributed by atoms with Gasteiger partial charge in [-0.05, 0) is 0 Å². The maximum Gasteiger partial charge on any atom is 0.231 e.